The van der Waals surface area contributed by atoms with Gasteiger partial charge in [-0.05, 0) is 46.7 Å². The Kier molecular flexibility index (Phi) is 5.80. The summed E-state index contributed by atoms with van der Waals surface area (Å²) in [6, 6.07) is 13.4. The molecule has 1 aliphatic rings. The van der Waals surface area contributed by atoms with Gasteiger partial charge in [-0.1, -0.05) is 31.2 Å². The highest BCUT2D eigenvalue weighted by Gasteiger charge is 2.28. The second-order valence-electron chi connectivity index (χ2n) is 7.22. The Labute approximate surface area is 168 Å². The molecule has 1 fully saturated rings. The van der Waals surface area contributed by atoms with Crippen molar-refractivity contribution in [2.75, 3.05) is 31.1 Å². The lowest BCUT2D eigenvalue weighted by atomic mass is 10.1. The molecule has 2 heterocycles. The Morgan fingerprint density at radius 1 is 0.966 bits per heavy atom. The highest BCUT2D eigenvalue weighted by Crippen LogP contribution is 2.26. The van der Waals surface area contributed by atoms with Gasteiger partial charge in [0.15, 0.2) is 5.82 Å². The number of anilines is 1. The third-order valence-electron chi connectivity index (χ3n) is 5.44. The van der Waals surface area contributed by atoms with E-state index >= 15 is 0 Å². The van der Waals surface area contributed by atoms with Crippen molar-refractivity contribution >= 4 is 5.69 Å². The highest BCUT2D eigenvalue weighted by molar-refractivity contribution is 5.48. The largest absolute Gasteiger partial charge is 0.367 e. The molecule has 0 saturated carbocycles. The number of hydrogen-bond donors (Lipinski definition) is 0. The maximum absolute atomic E-state index is 14.1. The second-order valence-corrected chi connectivity index (χ2v) is 7.22. The van der Waals surface area contributed by atoms with Gasteiger partial charge < -0.3 is 4.90 Å². The van der Waals surface area contributed by atoms with E-state index in [-0.39, 0.29) is 17.7 Å². The predicted octanol–water partition coefficient (Wildman–Crippen LogP) is 3.27. The molecule has 3 aromatic rings. The minimum absolute atomic E-state index is 0.0771. The summed E-state index contributed by atoms with van der Waals surface area (Å²) in [6.07, 6.45) is 0.865. The molecule has 8 heteroatoms. The number of rotatable bonds is 6. The fourth-order valence-electron chi connectivity index (χ4n) is 3.91. The van der Waals surface area contributed by atoms with Crippen LogP contribution in [0, 0.1) is 11.6 Å². The summed E-state index contributed by atoms with van der Waals surface area (Å²) in [7, 11) is 0. The zero-order valence-corrected chi connectivity index (χ0v) is 16.4. The Morgan fingerprint density at radius 3 is 2.38 bits per heavy atom. The third kappa shape index (κ3) is 4.27. The summed E-state index contributed by atoms with van der Waals surface area (Å²) >= 11 is 0. The van der Waals surface area contributed by atoms with E-state index in [0.717, 1.165) is 44.0 Å². The minimum atomic E-state index is -0.259. The summed E-state index contributed by atoms with van der Waals surface area (Å²) in [5.41, 5.74) is 1.60. The Bertz CT molecular complexity index is 934. The van der Waals surface area contributed by atoms with Crippen LogP contribution in [0.3, 0.4) is 0 Å². The first kappa shape index (κ1) is 19.4. The van der Waals surface area contributed by atoms with Crippen LogP contribution < -0.4 is 4.90 Å². The zero-order valence-electron chi connectivity index (χ0n) is 16.4. The van der Waals surface area contributed by atoms with Crippen molar-refractivity contribution in [3.8, 4) is 0 Å². The summed E-state index contributed by atoms with van der Waals surface area (Å²) in [5, 5.41) is 12.3. The van der Waals surface area contributed by atoms with Gasteiger partial charge in [0.1, 0.15) is 11.6 Å². The van der Waals surface area contributed by atoms with E-state index in [1.807, 2.05) is 12.1 Å². The molecule has 0 bridgehead atoms. The van der Waals surface area contributed by atoms with Crippen molar-refractivity contribution < 1.29 is 8.78 Å². The molecule has 1 saturated heterocycles. The van der Waals surface area contributed by atoms with Crippen LogP contribution in [-0.4, -0.2) is 51.3 Å². The van der Waals surface area contributed by atoms with Gasteiger partial charge in [-0.15, -0.1) is 5.10 Å². The molecule has 1 atom stereocenters. The van der Waals surface area contributed by atoms with Gasteiger partial charge in [0.2, 0.25) is 0 Å². The van der Waals surface area contributed by atoms with Gasteiger partial charge in [-0.3, -0.25) is 4.90 Å². The maximum Gasteiger partial charge on any atom is 0.168 e. The molecular formula is C21H24F2N6. The van der Waals surface area contributed by atoms with Crippen molar-refractivity contribution in [1.29, 1.82) is 0 Å². The van der Waals surface area contributed by atoms with Crippen molar-refractivity contribution in [1.82, 2.24) is 25.1 Å². The lowest BCUT2D eigenvalue weighted by molar-refractivity contribution is 0.169. The highest BCUT2D eigenvalue weighted by atomic mass is 19.1. The topological polar surface area (TPSA) is 50.1 Å². The summed E-state index contributed by atoms with van der Waals surface area (Å²) < 4.78 is 29.0. The lowest BCUT2D eigenvalue weighted by Gasteiger charge is -2.39. The van der Waals surface area contributed by atoms with Gasteiger partial charge in [0.05, 0.1) is 18.3 Å². The molecule has 4 rings (SSSR count). The molecule has 1 aromatic heterocycles. The average molecular weight is 398 g/mol. The first-order valence-electron chi connectivity index (χ1n) is 9.89. The monoisotopic (exact) mass is 398 g/mol. The number of benzene rings is 2. The number of tetrazole rings is 1. The number of piperazine rings is 1. The lowest BCUT2D eigenvalue weighted by Crippen LogP contribution is -2.48. The number of nitrogens with zero attached hydrogens (tertiary/aromatic N) is 6. The SMILES string of the molecule is CC[C@H](c1nnnn1Cc1ccc(F)cc1)N1CCN(c2ccccc2F)CC1. The van der Waals surface area contributed by atoms with E-state index in [9.17, 15) is 8.78 Å². The fraction of sp³-hybridized carbons (Fsp3) is 0.381. The fourth-order valence-corrected chi connectivity index (χ4v) is 3.91. The standard InChI is InChI=1S/C21H24F2N6/c1-2-19(21-24-25-26-29(21)15-16-7-9-17(22)10-8-16)27-11-13-28(14-12-27)20-6-4-3-5-18(20)23/h3-10,19H,2,11-15H2,1H3/t19-/m1/s1. The van der Waals surface area contributed by atoms with Crippen LogP contribution in [0.25, 0.3) is 0 Å². The van der Waals surface area contributed by atoms with Crippen molar-refractivity contribution in [3.05, 3.63) is 71.6 Å². The van der Waals surface area contributed by atoms with Gasteiger partial charge in [0, 0.05) is 26.2 Å². The molecular weight excluding hydrogens is 374 g/mol. The molecule has 152 valence electrons. The summed E-state index contributed by atoms with van der Waals surface area (Å²) in [6.45, 7) is 5.71. The molecule has 6 nitrogen and oxygen atoms in total. The quantitative estimate of drug-likeness (QED) is 0.638. The van der Waals surface area contributed by atoms with E-state index in [4.69, 9.17) is 0 Å². The molecule has 29 heavy (non-hydrogen) atoms. The van der Waals surface area contributed by atoms with E-state index in [1.54, 1.807) is 22.9 Å². The van der Waals surface area contributed by atoms with Gasteiger partial charge in [-0.2, -0.15) is 0 Å². The van der Waals surface area contributed by atoms with Gasteiger partial charge in [0.25, 0.3) is 0 Å². The minimum Gasteiger partial charge on any atom is -0.367 e. The van der Waals surface area contributed by atoms with Gasteiger partial charge >= 0.3 is 0 Å². The van der Waals surface area contributed by atoms with Crippen LogP contribution in [-0.2, 0) is 6.54 Å². The second kappa shape index (κ2) is 8.65. The summed E-state index contributed by atoms with van der Waals surface area (Å²) in [5.74, 6) is 0.359. The van der Waals surface area contributed by atoms with Crippen LogP contribution in [0.2, 0.25) is 0 Å². The average Bonchev–Trinajstić information content (AvgIpc) is 3.19. The van der Waals surface area contributed by atoms with E-state index in [0.29, 0.717) is 12.2 Å². The van der Waals surface area contributed by atoms with Crippen molar-refractivity contribution in [2.24, 2.45) is 0 Å². The molecule has 0 unspecified atom stereocenters. The van der Waals surface area contributed by atoms with Crippen molar-refractivity contribution in [3.63, 3.8) is 0 Å². The van der Waals surface area contributed by atoms with E-state index in [1.165, 1.54) is 18.2 Å². The number of aromatic nitrogens is 4. The van der Waals surface area contributed by atoms with Crippen LogP contribution in [0.15, 0.2) is 48.5 Å². The molecule has 0 radical (unpaired) electrons. The molecule has 0 amide bonds. The van der Waals surface area contributed by atoms with Crippen LogP contribution in [0.4, 0.5) is 14.5 Å². The molecule has 0 N–H and O–H groups in total. The predicted molar refractivity (Wildman–Crippen MR) is 107 cm³/mol. The van der Waals surface area contributed by atoms with Gasteiger partial charge in [-0.25, -0.2) is 13.5 Å². The zero-order chi connectivity index (χ0) is 20.2. The normalized spacial score (nSPS) is 16.2. The number of hydrogen-bond acceptors (Lipinski definition) is 5. The van der Waals surface area contributed by atoms with E-state index in [2.05, 4.69) is 32.2 Å². The molecule has 0 aliphatic carbocycles. The third-order valence-corrected chi connectivity index (χ3v) is 5.44. The van der Waals surface area contributed by atoms with Crippen LogP contribution in [0.1, 0.15) is 30.8 Å². The number of halogens is 2. The maximum atomic E-state index is 14.1. The first-order chi connectivity index (χ1) is 14.2. The first-order valence-corrected chi connectivity index (χ1v) is 9.89. The molecule has 0 spiro atoms. The Morgan fingerprint density at radius 2 is 1.69 bits per heavy atom. The molecule has 2 aromatic carbocycles. The van der Waals surface area contributed by atoms with E-state index < -0.39 is 0 Å². The van der Waals surface area contributed by atoms with Crippen LogP contribution >= 0.6 is 0 Å². The Balaban J connectivity index is 1.46. The van der Waals surface area contributed by atoms with Crippen LogP contribution in [0.5, 0.6) is 0 Å². The molecule has 1 aliphatic heterocycles. The van der Waals surface area contributed by atoms with Crippen molar-refractivity contribution in [2.45, 2.75) is 25.9 Å². The summed E-state index contributed by atoms with van der Waals surface area (Å²) in [4.78, 5) is 4.43. The number of para-hydroxylation sites is 1. The smallest absolute Gasteiger partial charge is 0.168 e. The Hall–Kier alpha value is -2.87.